The van der Waals surface area contributed by atoms with Crippen molar-refractivity contribution in [2.75, 3.05) is 27.3 Å². The highest BCUT2D eigenvalue weighted by atomic mass is 16.5. The van der Waals surface area contributed by atoms with Crippen LogP contribution >= 0.6 is 0 Å². The molecular weight excluding hydrogens is 218 g/mol. The molecule has 4 heteroatoms. The van der Waals surface area contributed by atoms with Gasteiger partial charge in [-0.3, -0.25) is 0 Å². The van der Waals surface area contributed by atoms with E-state index in [0.717, 1.165) is 17.9 Å². The van der Waals surface area contributed by atoms with Gasteiger partial charge in [-0.25, -0.2) is 0 Å². The van der Waals surface area contributed by atoms with Crippen molar-refractivity contribution in [3.8, 4) is 0 Å². The van der Waals surface area contributed by atoms with E-state index in [1.807, 2.05) is 14.1 Å². The average Bonchev–Trinajstić information content (AvgIpc) is 2.27. The van der Waals surface area contributed by atoms with Gasteiger partial charge in [-0.2, -0.15) is 0 Å². The molecule has 0 saturated carbocycles. The van der Waals surface area contributed by atoms with E-state index < -0.39 is 11.5 Å². The van der Waals surface area contributed by atoms with Gasteiger partial charge in [-0.05, 0) is 13.3 Å². The van der Waals surface area contributed by atoms with Gasteiger partial charge in [0, 0.05) is 13.0 Å². The first-order valence-electron chi connectivity index (χ1n) is 6.55. The molecule has 0 aromatic carbocycles. The SMILES string of the molecule is CCCCCCOCCC(C)(C(=O)[O-])[NH+](C)C. The van der Waals surface area contributed by atoms with Crippen LogP contribution in [0.1, 0.15) is 46.0 Å². The second kappa shape index (κ2) is 8.48. The molecule has 0 aliphatic rings. The number of rotatable bonds is 10. The number of carboxylic acids is 1. The third-order valence-corrected chi connectivity index (χ3v) is 3.44. The van der Waals surface area contributed by atoms with Crippen molar-refractivity contribution < 1.29 is 19.5 Å². The van der Waals surface area contributed by atoms with E-state index >= 15 is 0 Å². The Kier molecular flexibility index (Phi) is 8.17. The van der Waals surface area contributed by atoms with Crippen molar-refractivity contribution in [1.82, 2.24) is 0 Å². The number of aliphatic carboxylic acids is 1. The minimum Gasteiger partial charge on any atom is -0.544 e. The average molecular weight is 245 g/mol. The number of unbranched alkanes of at least 4 members (excludes halogenated alkanes) is 3. The second-order valence-electron chi connectivity index (χ2n) is 5.04. The molecule has 102 valence electrons. The lowest BCUT2D eigenvalue weighted by atomic mass is 9.97. The second-order valence-corrected chi connectivity index (χ2v) is 5.04. The van der Waals surface area contributed by atoms with Crippen molar-refractivity contribution in [3.63, 3.8) is 0 Å². The van der Waals surface area contributed by atoms with Gasteiger partial charge in [-0.1, -0.05) is 26.2 Å². The minimum atomic E-state index is -1.01. The summed E-state index contributed by atoms with van der Waals surface area (Å²) in [6, 6.07) is 0. The zero-order valence-corrected chi connectivity index (χ0v) is 11.7. The van der Waals surface area contributed by atoms with Crippen molar-refractivity contribution >= 4 is 5.97 Å². The summed E-state index contributed by atoms with van der Waals surface area (Å²) in [7, 11) is 3.66. The molecular formula is C13H27NO3. The number of quaternary nitrogens is 1. The molecule has 0 fully saturated rings. The summed E-state index contributed by atoms with van der Waals surface area (Å²) >= 11 is 0. The molecule has 0 aromatic rings. The maximum Gasteiger partial charge on any atom is 0.137 e. The Morgan fingerprint density at radius 1 is 1.24 bits per heavy atom. The highest BCUT2D eigenvalue weighted by Crippen LogP contribution is 2.05. The summed E-state index contributed by atoms with van der Waals surface area (Å²) in [5.74, 6) is -1.01. The first-order valence-corrected chi connectivity index (χ1v) is 6.55. The lowest BCUT2D eigenvalue weighted by Crippen LogP contribution is -3.16. The van der Waals surface area contributed by atoms with Gasteiger partial charge in [0.15, 0.2) is 0 Å². The lowest BCUT2D eigenvalue weighted by Gasteiger charge is -2.33. The molecule has 1 atom stereocenters. The van der Waals surface area contributed by atoms with Crippen LogP contribution in [-0.4, -0.2) is 38.8 Å². The number of nitrogens with one attached hydrogen (secondary N) is 1. The van der Waals surface area contributed by atoms with Crippen LogP contribution < -0.4 is 10.0 Å². The standard InChI is InChI=1S/C13H27NO3/c1-5-6-7-8-10-17-11-9-13(2,12(15)16)14(3)4/h5-11H2,1-4H3,(H,15,16). The van der Waals surface area contributed by atoms with Gasteiger partial charge in [0.05, 0.1) is 20.7 Å². The number of likely N-dealkylation sites (N-methyl/N-ethyl adjacent to an activating group) is 1. The minimum absolute atomic E-state index is 0.488. The van der Waals surface area contributed by atoms with Crippen LogP contribution in [0.25, 0.3) is 0 Å². The van der Waals surface area contributed by atoms with Gasteiger partial charge in [0.25, 0.3) is 0 Å². The van der Waals surface area contributed by atoms with Crippen LogP contribution in [0, 0.1) is 0 Å². The Labute approximate surface area is 105 Å². The first kappa shape index (κ1) is 16.4. The number of carboxylic acid groups (broad SMARTS) is 1. The van der Waals surface area contributed by atoms with E-state index in [1.165, 1.54) is 19.3 Å². The van der Waals surface area contributed by atoms with E-state index in [1.54, 1.807) is 6.92 Å². The zero-order valence-electron chi connectivity index (χ0n) is 11.7. The molecule has 0 bridgehead atoms. The summed E-state index contributed by atoms with van der Waals surface area (Å²) in [6.07, 6.45) is 5.19. The van der Waals surface area contributed by atoms with Gasteiger partial charge < -0.3 is 19.5 Å². The Bertz CT molecular complexity index is 219. The van der Waals surface area contributed by atoms with Crippen molar-refractivity contribution in [3.05, 3.63) is 0 Å². The topological polar surface area (TPSA) is 53.8 Å². The van der Waals surface area contributed by atoms with Crippen LogP contribution in [0.15, 0.2) is 0 Å². The Morgan fingerprint density at radius 3 is 2.35 bits per heavy atom. The molecule has 0 heterocycles. The Morgan fingerprint density at radius 2 is 1.88 bits per heavy atom. The zero-order chi connectivity index (χ0) is 13.3. The maximum absolute atomic E-state index is 11.1. The molecule has 0 aromatic heterocycles. The van der Waals surface area contributed by atoms with Gasteiger partial charge in [0.2, 0.25) is 0 Å². The first-order chi connectivity index (χ1) is 7.95. The van der Waals surface area contributed by atoms with Gasteiger partial charge in [0.1, 0.15) is 11.5 Å². The van der Waals surface area contributed by atoms with E-state index in [9.17, 15) is 9.90 Å². The normalized spacial score (nSPS) is 14.9. The monoisotopic (exact) mass is 245 g/mol. The number of hydrogen-bond donors (Lipinski definition) is 1. The van der Waals surface area contributed by atoms with Crippen molar-refractivity contribution in [2.45, 2.75) is 51.5 Å². The molecule has 0 rings (SSSR count). The third kappa shape index (κ3) is 6.03. The fourth-order valence-electron chi connectivity index (χ4n) is 1.57. The van der Waals surface area contributed by atoms with Crippen LogP contribution in [-0.2, 0) is 9.53 Å². The van der Waals surface area contributed by atoms with Gasteiger partial charge >= 0.3 is 0 Å². The van der Waals surface area contributed by atoms with Crippen LogP contribution in [0.4, 0.5) is 0 Å². The molecule has 0 aliphatic heterocycles. The fraction of sp³-hybridized carbons (Fsp3) is 0.923. The highest BCUT2D eigenvalue weighted by Gasteiger charge is 2.32. The van der Waals surface area contributed by atoms with E-state index in [-0.39, 0.29) is 0 Å². The van der Waals surface area contributed by atoms with Crippen molar-refractivity contribution in [2.24, 2.45) is 0 Å². The predicted molar refractivity (Wildman–Crippen MR) is 65.8 cm³/mol. The molecule has 0 saturated heterocycles. The van der Waals surface area contributed by atoms with Crippen LogP contribution in [0.5, 0.6) is 0 Å². The number of ether oxygens (including phenoxy) is 1. The summed E-state index contributed by atoms with van der Waals surface area (Å²) in [4.78, 5) is 11.9. The predicted octanol–water partition coefficient (Wildman–Crippen LogP) is -0.373. The Balaban J connectivity index is 3.74. The molecule has 1 unspecified atom stereocenters. The van der Waals surface area contributed by atoms with Crippen LogP contribution in [0.3, 0.4) is 0 Å². The molecule has 4 nitrogen and oxygen atoms in total. The summed E-state index contributed by atoms with van der Waals surface area (Å²) < 4.78 is 5.47. The lowest BCUT2D eigenvalue weighted by molar-refractivity contribution is -0.905. The molecule has 0 amide bonds. The van der Waals surface area contributed by atoms with E-state index in [4.69, 9.17) is 4.74 Å². The Hall–Kier alpha value is -0.610. The number of carbonyl (C=O) groups excluding carboxylic acids is 1. The van der Waals surface area contributed by atoms with Crippen LogP contribution in [0.2, 0.25) is 0 Å². The number of hydrogen-bond acceptors (Lipinski definition) is 3. The molecule has 0 spiro atoms. The number of carbonyl (C=O) groups is 1. The molecule has 0 aliphatic carbocycles. The molecule has 1 N–H and O–H groups in total. The third-order valence-electron chi connectivity index (χ3n) is 3.44. The smallest absolute Gasteiger partial charge is 0.137 e. The molecule has 17 heavy (non-hydrogen) atoms. The van der Waals surface area contributed by atoms with E-state index in [0.29, 0.717) is 13.0 Å². The largest absolute Gasteiger partial charge is 0.544 e. The quantitative estimate of drug-likeness (QED) is 0.534. The summed E-state index contributed by atoms with van der Waals surface area (Å²) in [5.41, 5.74) is -0.858. The summed E-state index contributed by atoms with van der Waals surface area (Å²) in [5, 5.41) is 11.1. The highest BCUT2D eigenvalue weighted by molar-refractivity contribution is 5.74. The maximum atomic E-state index is 11.1. The fourth-order valence-corrected chi connectivity index (χ4v) is 1.57. The van der Waals surface area contributed by atoms with Gasteiger partial charge in [-0.15, -0.1) is 0 Å². The molecule has 0 radical (unpaired) electrons. The van der Waals surface area contributed by atoms with Crippen molar-refractivity contribution in [1.29, 1.82) is 0 Å². The van der Waals surface area contributed by atoms with E-state index in [2.05, 4.69) is 6.92 Å². The summed E-state index contributed by atoms with van der Waals surface area (Å²) in [6.45, 7) is 5.10.